The third kappa shape index (κ3) is 6.38. The molecule has 0 saturated carbocycles. The van der Waals surface area contributed by atoms with Crippen molar-refractivity contribution in [1.82, 2.24) is 5.32 Å². The van der Waals surface area contributed by atoms with Crippen molar-refractivity contribution in [2.45, 2.75) is 40.0 Å². The standard InChI is InChI=1S/C16H24F3NO/c1-11(2)9-20-10-12(3)13(4)14-7-5-6-8-15(14)21-16(17,18)19/h5-8,11-13,20H,9-10H2,1-4H3. The van der Waals surface area contributed by atoms with E-state index < -0.39 is 6.36 Å². The lowest BCUT2D eigenvalue weighted by Gasteiger charge is -2.24. The molecular formula is C16H24F3NO. The van der Waals surface area contributed by atoms with E-state index in [9.17, 15) is 13.2 Å². The quantitative estimate of drug-likeness (QED) is 0.796. The van der Waals surface area contributed by atoms with Gasteiger partial charge in [0.2, 0.25) is 0 Å². The van der Waals surface area contributed by atoms with Crippen LogP contribution in [-0.2, 0) is 0 Å². The predicted molar refractivity (Wildman–Crippen MR) is 78.4 cm³/mol. The highest BCUT2D eigenvalue weighted by Crippen LogP contribution is 2.34. The molecule has 1 N–H and O–H groups in total. The summed E-state index contributed by atoms with van der Waals surface area (Å²) in [6.07, 6.45) is -4.66. The van der Waals surface area contributed by atoms with Gasteiger partial charge in [0.1, 0.15) is 5.75 Å². The number of ether oxygens (including phenoxy) is 1. The molecule has 0 saturated heterocycles. The van der Waals surface area contributed by atoms with E-state index in [1.54, 1.807) is 18.2 Å². The van der Waals surface area contributed by atoms with Gasteiger partial charge in [-0.05, 0) is 42.5 Å². The maximum Gasteiger partial charge on any atom is 0.573 e. The van der Waals surface area contributed by atoms with Gasteiger partial charge in [0, 0.05) is 0 Å². The number of rotatable bonds is 7. The largest absolute Gasteiger partial charge is 0.573 e. The molecule has 0 bridgehead atoms. The Bertz CT molecular complexity index is 432. The SMILES string of the molecule is CC(C)CNCC(C)C(C)c1ccccc1OC(F)(F)F. The Morgan fingerprint density at radius 3 is 2.24 bits per heavy atom. The number of para-hydroxylation sites is 1. The van der Waals surface area contributed by atoms with Gasteiger partial charge in [-0.1, -0.05) is 45.9 Å². The molecular weight excluding hydrogens is 279 g/mol. The molecule has 0 heterocycles. The zero-order valence-electron chi connectivity index (χ0n) is 13.0. The van der Waals surface area contributed by atoms with Gasteiger partial charge < -0.3 is 10.1 Å². The van der Waals surface area contributed by atoms with E-state index in [1.165, 1.54) is 6.07 Å². The third-order valence-electron chi connectivity index (χ3n) is 3.51. The average molecular weight is 303 g/mol. The van der Waals surface area contributed by atoms with Gasteiger partial charge in [0.05, 0.1) is 0 Å². The lowest BCUT2D eigenvalue weighted by molar-refractivity contribution is -0.275. The van der Waals surface area contributed by atoms with E-state index in [4.69, 9.17) is 0 Å². The first-order valence-electron chi connectivity index (χ1n) is 7.26. The van der Waals surface area contributed by atoms with Crippen molar-refractivity contribution < 1.29 is 17.9 Å². The number of nitrogens with one attached hydrogen (secondary N) is 1. The van der Waals surface area contributed by atoms with Crippen molar-refractivity contribution >= 4 is 0 Å². The second kappa shape index (κ2) is 7.69. The van der Waals surface area contributed by atoms with Crippen LogP contribution in [0.1, 0.15) is 39.2 Å². The Balaban J connectivity index is 2.74. The predicted octanol–water partition coefficient (Wildman–Crippen LogP) is 4.57. The molecule has 2 unspecified atom stereocenters. The highest BCUT2D eigenvalue weighted by atomic mass is 19.4. The van der Waals surface area contributed by atoms with Gasteiger partial charge in [0.25, 0.3) is 0 Å². The maximum atomic E-state index is 12.4. The zero-order valence-corrected chi connectivity index (χ0v) is 13.0. The van der Waals surface area contributed by atoms with Crippen molar-refractivity contribution in [2.24, 2.45) is 11.8 Å². The molecule has 0 amide bonds. The minimum Gasteiger partial charge on any atom is -0.405 e. The summed E-state index contributed by atoms with van der Waals surface area (Å²) in [6.45, 7) is 9.86. The molecule has 2 nitrogen and oxygen atoms in total. The second-order valence-electron chi connectivity index (χ2n) is 5.90. The number of alkyl halides is 3. The molecule has 0 spiro atoms. The van der Waals surface area contributed by atoms with Crippen LogP contribution in [0.2, 0.25) is 0 Å². The van der Waals surface area contributed by atoms with Crippen molar-refractivity contribution in [2.75, 3.05) is 13.1 Å². The molecule has 0 aliphatic carbocycles. The lowest BCUT2D eigenvalue weighted by atomic mass is 9.88. The third-order valence-corrected chi connectivity index (χ3v) is 3.51. The summed E-state index contributed by atoms with van der Waals surface area (Å²) in [5.41, 5.74) is 0.591. The summed E-state index contributed by atoms with van der Waals surface area (Å²) < 4.78 is 41.5. The molecule has 120 valence electrons. The van der Waals surface area contributed by atoms with Crippen LogP contribution < -0.4 is 10.1 Å². The number of hydrogen-bond donors (Lipinski definition) is 1. The number of halogens is 3. The molecule has 0 aromatic heterocycles. The first-order chi connectivity index (χ1) is 9.70. The van der Waals surface area contributed by atoms with Crippen LogP contribution in [0.4, 0.5) is 13.2 Å². The Labute approximate surface area is 124 Å². The van der Waals surface area contributed by atoms with E-state index >= 15 is 0 Å². The van der Waals surface area contributed by atoms with Crippen LogP contribution in [-0.4, -0.2) is 19.5 Å². The van der Waals surface area contributed by atoms with Crippen LogP contribution >= 0.6 is 0 Å². The Morgan fingerprint density at radius 1 is 1.05 bits per heavy atom. The Hall–Kier alpha value is -1.23. The van der Waals surface area contributed by atoms with Crippen molar-refractivity contribution in [1.29, 1.82) is 0 Å². The molecule has 21 heavy (non-hydrogen) atoms. The summed E-state index contributed by atoms with van der Waals surface area (Å²) in [7, 11) is 0. The fourth-order valence-electron chi connectivity index (χ4n) is 2.16. The first kappa shape index (κ1) is 17.8. The minimum absolute atomic E-state index is 0.0248. The topological polar surface area (TPSA) is 21.3 Å². The first-order valence-corrected chi connectivity index (χ1v) is 7.26. The smallest absolute Gasteiger partial charge is 0.405 e. The average Bonchev–Trinajstić information content (AvgIpc) is 2.36. The van der Waals surface area contributed by atoms with Crippen LogP contribution in [0.3, 0.4) is 0 Å². The second-order valence-corrected chi connectivity index (χ2v) is 5.90. The molecule has 0 fully saturated rings. The van der Waals surface area contributed by atoms with Gasteiger partial charge in [-0.25, -0.2) is 0 Å². The fourth-order valence-corrected chi connectivity index (χ4v) is 2.16. The van der Waals surface area contributed by atoms with E-state index in [1.807, 2.05) is 13.8 Å². The fraction of sp³-hybridized carbons (Fsp3) is 0.625. The molecule has 0 radical (unpaired) electrons. The Kier molecular flexibility index (Phi) is 6.52. The molecule has 1 aromatic carbocycles. The van der Waals surface area contributed by atoms with Gasteiger partial charge in [-0.2, -0.15) is 0 Å². The molecule has 0 aliphatic rings. The zero-order chi connectivity index (χ0) is 16.0. The summed E-state index contributed by atoms with van der Waals surface area (Å²) in [4.78, 5) is 0. The van der Waals surface area contributed by atoms with Gasteiger partial charge in [-0.15, -0.1) is 13.2 Å². The van der Waals surface area contributed by atoms with Crippen LogP contribution in [0.25, 0.3) is 0 Å². The van der Waals surface area contributed by atoms with E-state index in [0.717, 1.165) is 13.1 Å². The van der Waals surface area contributed by atoms with Gasteiger partial charge >= 0.3 is 6.36 Å². The van der Waals surface area contributed by atoms with Crippen LogP contribution in [0.5, 0.6) is 5.75 Å². The Morgan fingerprint density at radius 2 is 1.67 bits per heavy atom. The summed E-state index contributed by atoms with van der Waals surface area (Å²) in [5, 5.41) is 3.34. The van der Waals surface area contributed by atoms with Crippen LogP contribution in [0, 0.1) is 11.8 Å². The van der Waals surface area contributed by atoms with Crippen molar-refractivity contribution in [3.63, 3.8) is 0 Å². The molecule has 2 atom stereocenters. The highest BCUT2D eigenvalue weighted by molar-refractivity contribution is 5.36. The lowest BCUT2D eigenvalue weighted by Crippen LogP contribution is -2.28. The highest BCUT2D eigenvalue weighted by Gasteiger charge is 2.32. The van der Waals surface area contributed by atoms with Crippen LogP contribution in [0.15, 0.2) is 24.3 Å². The van der Waals surface area contributed by atoms with Crippen molar-refractivity contribution in [3.05, 3.63) is 29.8 Å². The van der Waals surface area contributed by atoms with E-state index in [0.29, 0.717) is 11.5 Å². The summed E-state index contributed by atoms with van der Waals surface area (Å²) in [5.74, 6) is 0.631. The number of benzene rings is 1. The van der Waals surface area contributed by atoms with Crippen molar-refractivity contribution in [3.8, 4) is 5.75 Å². The summed E-state index contributed by atoms with van der Waals surface area (Å²) >= 11 is 0. The van der Waals surface area contributed by atoms with E-state index in [2.05, 4.69) is 23.9 Å². The molecule has 1 aromatic rings. The van der Waals surface area contributed by atoms with Gasteiger partial charge in [-0.3, -0.25) is 0 Å². The molecule has 1 rings (SSSR count). The monoisotopic (exact) mass is 303 g/mol. The number of hydrogen-bond acceptors (Lipinski definition) is 2. The molecule has 5 heteroatoms. The minimum atomic E-state index is -4.66. The normalized spacial score (nSPS) is 15.0. The maximum absolute atomic E-state index is 12.4. The van der Waals surface area contributed by atoms with E-state index in [-0.39, 0.29) is 17.6 Å². The van der Waals surface area contributed by atoms with Gasteiger partial charge in [0.15, 0.2) is 0 Å². The molecule has 0 aliphatic heterocycles. The summed E-state index contributed by atoms with van der Waals surface area (Å²) in [6, 6.07) is 6.36.